The maximum Gasteiger partial charge on any atom is 0.416 e. The van der Waals surface area contributed by atoms with Crippen molar-refractivity contribution < 1.29 is 13.2 Å². The second-order valence-corrected chi connectivity index (χ2v) is 4.92. The molecule has 5 nitrogen and oxygen atoms in total. The summed E-state index contributed by atoms with van der Waals surface area (Å²) in [5.74, 6) is 0.503. The number of aromatic nitrogens is 2. The SMILES string of the molecule is CN=C(NCc1cccc(C(F)(F)F)c1)NCc1ccnn1C. The van der Waals surface area contributed by atoms with Crippen LogP contribution in [0.2, 0.25) is 0 Å². The molecule has 124 valence electrons. The van der Waals surface area contributed by atoms with Crippen LogP contribution >= 0.6 is 0 Å². The fraction of sp³-hybridized carbons (Fsp3) is 0.333. The lowest BCUT2D eigenvalue weighted by molar-refractivity contribution is -0.137. The summed E-state index contributed by atoms with van der Waals surface area (Å²) in [5.41, 5.74) is 0.838. The number of aliphatic imine (C=N–C) groups is 1. The van der Waals surface area contributed by atoms with Crippen LogP contribution in [0.1, 0.15) is 16.8 Å². The number of rotatable bonds is 4. The van der Waals surface area contributed by atoms with Crippen molar-refractivity contribution >= 4 is 5.96 Å². The van der Waals surface area contributed by atoms with Gasteiger partial charge in [-0.1, -0.05) is 12.1 Å². The molecule has 1 aromatic heterocycles. The molecule has 0 radical (unpaired) electrons. The van der Waals surface area contributed by atoms with Gasteiger partial charge in [-0.05, 0) is 23.8 Å². The van der Waals surface area contributed by atoms with Crippen LogP contribution in [0, 0.1) is 0 Å². The van der Waals surface area contributed by atoms with E-state index in [1.165, 1.54) is 6.07 Å². The van der Waals surface area contributed by atoms with E-state index < -0.39 is 11.7 Å². The van der Waals surface area contributed by atoms with Gasteiger partial charge in [0.1, 0.15) is 0 Å². The molecule has 2 aromatic rings. The Kier molecular flexibility index (Phi) is 5.25. The summed E-state index contributed by atoms with van der Waals surface area (Å²) in [7, 11) is 3.43. The van der Waals surface area contributed by atoms with Gasteiger partial charge in [0.15, 0.2) is 5.96 Å². The molecule has 0 atom stereocenters. The molecule has 0 saturated carbocycles. The molecule has 1 heterocycles. The lowest BCUT2D eigenvalue weighted by atomic mass is 10.1. The number of benzene rings is 1. The van der Waals surface area contributed by atoms with Crippen LogP contribution in [0.3, 0.4) is 0 Å². The lowest BCUT2D eigenvalue weighted by Crippen LogP contribution is -2.36. The van der Waals surface area contributed by atoms with Gasteiger partial charge in [-0.2, -0.15) is 18.3 Å². The van der Waals surface area contributed by atoms with Gasteiger partial charge in [0, 0.05) is 26.8 Å². The lowest BCUT2D eigenvalue weighted by Gasteiger charge is -2.13. The van der Waals surface area contributed by atoms with Crippen molar-refractivity contribution in [3.8, 4) is 0 Å². The van der Waals surface area contributed by atoms with E-state index in [0.717, 1.165) is 17.8 Å². The second-order valence-electron chi connectivity index (χ2n) is 4.92. The van der Waals surface area contributed by atoms with Crippen molar-refractivity contribution in [2.45, 2.75) is 19.3 Å². The number of nitrogens with zero attached hydrogens (tertiary/aromatic N) is 3. The van der Waals surface area contributed by atoms with Crippen LogP contribution in [0.15, 0.2) is 41.5 Å². The number of hydrogen-bond acceptors (Lipinski definition) is 2. The highest BCUT2D eigenvalue weighted by Gasteiger charge is 2.30. The molecule has 2 N–H and O–H groups in total. The zero-order valence-electron chi connectivity index (χ0n) is 12.9. The maximum atomic E-state index is 12.7. The molecule has 0 spiro atoms. The van der Waals surface area contributed by atoms with E-state index in [-0.39, 0.29) is 6.54 Å². The minimum Gasteiger partial charge on any atom is -0.352 e. The third kappa shape index (κ3) is 4.73. The van der Waals surface area contributed by atoms with Crippen LogP contribution in [0.4, 0.5) is 13.2 Å². The van der Waals surface area contributed by atoms with Gasteiger partial charge in [0.2, 0.25) is 0 Å². The van der Waals surface area contributed by atoms with Crippen molar-refractivity contribution in [3.05, 3.63) is 53.3 Å². The maximum absolute atomic E-state index is 12.7. The minimum atomic E-state index is -4.34. The third-order valence-electron chi connectivity index (χ3n) is 3.30. The van der Waals surface area contributed by atoms with Crippen LogP contribution in [-0.2, 0) is 26.3 Å². The predicted molar refractivity (Wildman–Crippen MR) is 81.7 cm³/mol. The van der Waals surface area contributed by atoms with Crippen molar-refractivity contribution in [2.24, 2.45) is 12.0 Å². The van der Waals surface area contributed by atoms with Crippen molar-refractivity contribution in [1.82, 2.24) is 20.4 Å². The third-order valence-corrected chi connectivity index (χ3v) is 3.30. The molecule has 0 amide bonds. The Bertz CT molecular complexity index is 676. The summed E-state index contributed by atoms with van der Waals surface area (Å²) in [6.07, 6.45) is -2.65. The monoisotopic (exact) mass is 325 g/mol. The second kappa shape index (κ2) is 7.17. The molecule has 0 aliphatic heterocycles. The number of guanidine groups is 1. The molecule has 0 aliphatic carbocycles. The van der Waals surface area contributed by atoms with Gasteiger partial charge in [-0.3, -0.25) is 9.67 Å². The number of halogens is 3. The smallest absolute Gasteiger partial charge is 0.352 e. The molecule has 0 fully saturated rings. The first kappa shape index (κ1) is 16.9. The van der Waals surface area contributed by atoms with Gasteiger partial charge in [-0.15, -0.1) is 0 Å². The summed E-state index contributed by atoms with van der Waals surface area (Å²) in [4.78, 5) is 4.05. The Morgan fingerprint density at radius 2 is 1.96 bits per heavy atom. The Labute approximate surface area is 132 Å². The van der Waals surface area contributed by atoms with Crippen LogP contribution < -0.4 is 10.6 Å². The molecule has 0 unspecified atom stereocenters. The van der Waals surface area contributed by atoms with Crippen molar-refractivity contribution in [1.29, 1.82) is 0 Å². The summed E-state index contributed by atoms with van der Waals surface area (Å²) in [6.45, 7) is 0.758. The Hall–Kier alpha value is -2.51. The van der Waals surface area contributed by atoms with Gasteiger partial charge >= 0.3 is 6.18 Å². The number of hydrogen-bond donors (Lipinski definition) is 2. The molecule has 0 bridgehead atoms. The van der Waals surface area contributed by atoms with Gasteiger partial charge in [-0.25, -0.2) is 0 Å². The molecule has 2 rings (SSSR count). The van der Waals surface area contributed by atoms with E-state index in [2.05, 4.69) is 20.7 Å². The average molecular weight is 325 g/mol. The molecular formula is C15H18F3N5. The minimum absolute atomic E-state index is 0.245. The molecule has 23 heavy (non-hydrogen) atoms. The first-order valence-corrected chi connectivity index (χ1v) is 6.97. The van der Waals surface area contributed by atoms with Crippen LogP contribution in [0.5, 0.6) is 0 Å². The van der Waals surface area contributed by atoms with E-state index in [1.54, 1.807) is 24.0 Å². The average Bonchev–Trinajstić information content (AvgIpc) is 2.92. The van der Waals surface area contributed by atoms with E-state index in [9.17, 15) is 13.2 Å². The molecule has 8 heteroatoms. The summed E-state index contributed by atoms with van der Waals surface area (Å²) in [5, 5.41) is 10.1. The normalized spacial score (nSPS) is 12.3. The Balaban J connectivity index is 1.92. The topological polar surface area (TPSA) is 54.2 Å². The van der Waals surface area contributed by atoms with E-state index >= 15 is 0 Å². The van der Waals surface area contributed by atoms with Gasteiger partial charge < -0.3 is 10.6 Å². The fourth-order valence-electron chi connectivity index (χ4n) is 2.01. The van der Waals surface area contributed by atoms with E-state index in [0.29, 0.717) is 18.1 Å². The Morgan fingerprint density at radius 3 is 2.57 bits per heavy atom. The first-order chi connectivity index (χ1) is 10.9. The highest BCUT2D eigenvalue weighted by molar-refractivity contribution is 5.79. The number of aryl methyl sites for hydroxylation is 1. The van der Waals surface area contributed by atoms with Gasteiger partial charge in [0.05, 0.1) is 17.8 Å². The highest BCUT2D eigenvalue weighted by atomic mass is 19.4. The zero-order valence-corrected chi connectivity index (χ0v) is 12.9. The Morgan fingerprint density at radius 1 is 1.22 bits per heavy atom. The highest BCUT2D eigenvalue weighted by Crippen LogP contribution is 2.29. The fourth-order valence-corrected chi connectivity index (χ4v) is 2.01. The standard InChI is InChI=1S/C15H18F3N5/c1-19-14(21-10-13-6-7-22-23(13)2)20-9-11-4-3-5-12(8-11)15(16,17)18/h3-8H,9-10H2,1-2H3,(H2,19,20,21). The quantitative estimate of drug-likeness (QED) is 0.670. The predicted octanol–water partition coefficient (Wildman–Crippen LogP) is 2.30. The van der Waals surface area contributed by atoms with E-state index in [4.69, 9.17) is 0 Å². The summed E-state index contributed by atoms with van der Waals surface area (Å²) < 4.78 is 39.8. The molecule has 0 aliphatic rings. The largest absolute Gasteiger partial charge is 0.416 e. The zero-order chi connectivity index (χ0) is 16.9. The van der Waals surface area contributed by atoms with Crippen LogP contribution in [-0.4, -0.2) is 22.8 Å². The summed E-state index contributed by atoms with van der Waals surface area (Å²) >= 11 is 0. The first-order valence-electron chi connectivity index (χ1n) is 6.97. The van der Waals surface area contributed by atoms with Crippen molar-refractivity contribution in [2.75, 3.05) is 7.05 Å². The number of nitrogens with one attached hydrogen (secondary N) is 2. The van der Waals surface area contributed by atoms with E-state index in [1.807, 2.05) is 13.1 Å². The molecular weight excluding hydrogens is 307 g/mol. The van der Waals surface area contributed by atoms with Gasteiger partial charge in [0.25, 0.3) is 0 Å². The number of alkyl halides is 3. The van der Waals surface area contributed by atoms with Crippen LogP contribution in [0.25, 0.3) is 0 Å². The molecule has 1 aromatic carbocycles. The molecule has 0 saturated heterocycles. The van der Waals surface area contributed by atoms with Crippen molar-refractivity contribution in [3.63, 3.8) is 0 Å². The summed E-state index contributed by atoms with van der Waals surface area (Å²) in [6, 6.07) is 7.08.